The lowest BCUT2D eigenvalue weighted by atomic mass is 10.1. The molecule has 1 aromatic carbocycles. The maximum atomic E-state index is 12.3. The summed E-state index contributed by atoms with van der Waals surface area (Å²) in [5.74, 6) is 0.774. The average Bonchev–Trinajstić information content (AvgIpc) is 3.05. The van der Waals surface area contributed by atoms with Crippen molar-refractivity contribution < 1.29 is 13.7 Å². The highest BCUT2D eigenvalue weighted by Crippen LogP contribution is 2.25. The van der Waals surface area contributed by atoms with E-state index in [9.17, 15) is 4.79 Å². The molecule has 3 aromatic rings. The first kappa shape index (κ1) is 13.4. The smallest absolute Gasteiger partial charge is 0.238 e. The van der Waals surface area contributed by atoms with Gasteiger partial charge in [-0.2, -0.15) is 0 Å². The Morgan fingerprint density at radius 1 is 1.38 bits per heavy atom. The van der Waals surface area contributed by atoms with Crippen LogP contribution in [0.5, 0.6) is 0 Å². The van der Waals surface area contributed by atoms with E-state index in [0.717, 1.165) is 5.52 Å². The van der Waals surface area contributed by atoms with Crippen LogP contribution >= 0.6 is 0 Å². The van der Waals surface area contributed by atoms with Gasteiger partial charge in [0.15, 0.2) is 11.4 Å². The fourth-order valence-corrected chi connectivity index (χ4v) is 2.15. The summed E-state index contributed by atoms with van der Waals surface area (Å²) in [5, 5.41) is 6.46. The number of anilines is 1. The molecule has 6 nitrogen and oxygen atoms in total. The molecule has 0 spiro atoms. The molecule has 0 fully saturated rings. The summed E-state index contributed by atoms with van der Waals surface area (Å²) in [4.78, 5) is 16.7. The summed E-state index contributed by atoms with van der Waals surface area (Å²) in [6.07, 6.45) is 0.579. The number of para-hydroxylation sites is 2. The van der Waals surface area contributed by atoms with Crippen LogP contribution in [0.15, 0.2) is 39.3 Å². The van der Waals surface area contributed by atoms with Gasteiger partial charge in [0.1, 0.15) is 17.2 Å². The highest BCUT2D eigenvalue weighted by molar-refractivity contribution is 5.94. The molecule has 1 N–H and O–H groups in total. The molecule has 1 atom stereocenters. The third-order valence-electron chi connectivity index (χ3n) is 3.21. The van der Waals surface area contributed by atoms with Crippen LogP contribution in [0.1, 0.15) is 30.9 Å². The molecule has 0 bridgehead atoms. The Kier molecular flexibility index (Phi) is 3.43. The Balaban J connectivity index is 1.85. The number of carbonyl (C=O) groups is 1. The molecule has 108 valence electrons. The summed E-state index contributed by atoms with van der Waals surface area (Å²) in [5.41, 5.74) is 1.42. The zero-order valence-electron chi connectivity index (χ0n) is 11.8. The van der Waals surface area contributed by atoms with Crippen LogP contribution in [0.25, 0.3) is 11.1 Å². The second-order valence-electron chi connectivity index (χ2n) is 4.79. The predicted octanol–water partition coefficient (Wildman–Crippen LogP) is 3.26. The largest absolute Gasteiger partial charge is 0.440 e. The minimum Gasteiger partial charge on any atom is -0.440 e. The number of aryl methyl sites for hydroxylation is 1. The topological polar surface area (TPSA) is 81.2 Å². The fourth-order valence-electron chi connectivity index (χ4n) is 2.15. The third kappa shape index (κ3) is 2.65. The van der Waals surface area contributed by atoms with Crippen molar-refractivity contribution >= 4 is 22.8 Å². The third-order valence-corrected chi connectivity index (χ3v) is 3.21. The molecule has 1 amide bonds. The van der Waals surface area contributed by atoms with Crippen molar-refractivity contribution in [1.29, 1.82) is 0 Å². The molecule has 0 saturated carbocycles. The molecule has 1 unspecified atom stereocenters. The number of nitrogens with zero attached hydrogens (tertiary/aromatic N) is 2. The van der Waals surface area contributed by atoms with E-state index in [1.807, 2.05) is 31.2 Å². The van der Waals surface area contributed by atoms with Crippen LogP contribution in [0, 0.1) is 6.92 Å². The molecule has 0 aliphatic carbocycles. The van der Waals surface area contributed by atoms with Gasteiger partial charge in [-0.1, -0.05) is 24.2 Å². The predicted molar refractivity (Wildman–Crippen MR) is 76.9 cm³/mol. The van der Waals surface area contributed by atoms with Gasteiger partial charge in [0.25, 0.3) is 0 Å². The van der Waals surface area contributed by atoms with E-state index >= 15 is 0 Å². The van der Waals surface area contributed by atoms with E-state index in [1.54, 1.807) is 13.0 Å². The maximum absolute atomic E-state index is 12.3. The first-order chi connectivity index (χ1) is 10.2. The summed E-state index contributed by atoms with van der Waals surface area (Å²) in [6, 6.07) is 9.10. The number of amides is 1. The zero-order chi connectivity index (χ0) is 14.8. The molecule has 2 aromatic heterocycles. The number of nitrogens with one attached hydrogen (secondary N) is 1. The lowest BCUT2D eigenvalue weighted by Crippen LogP contribution is -2.21. The van der Waals surface area contributed by atoms with Crippen LogP contribution in [0.4, 0.5) is 5.82 Å². The van der Waals surface area contributed by atoms with Gasteiger partial charge in [-0.3, -0.25) is 4.79 Å². The highest BCUT2D eigenvalue weighted by Gasteiger charge is 2.25. The van der Waals surface area contributed by atoms with Crippen LogP contribution in [-0.2, 0) is 4.79 Å². The number of fused-ring (bicyclic) bond motifs is 1. The van der Waals surface area contributed by atoms with Crippen LogP contribution in [0.3, 0.4) is 0 Å². The number of hydrogen-bond acceptors (Lipinski definition) is 5. The molecule has 6 heteroatoms. The molecule has 0 aliphatic heterocycles. The van der Waals surface area contributed by atoms with Gasteiger partial charge in [-0.15, -0.1) is 0 Å². The van der Waals surface area contributed by atoms with Crippen molar-refractivity contribution in [2.45, 2.75) is 26.2 Å². The van der Waals surface area contributed by atoms with E-state index in [1.165, 1.54) is 0 Å². The standard InChI is InChI=1S/C15H15N3O3/c1-3-10(14(19)17-13-8-9(2)21-18-13)15-16-11-6-4-5-7-12(11)20-15/h4-8,10H,3H2,1-2H3,(H,17,18,19). The Bertz CT molecular complexity index is 742. The number of oxazole rings is 1. The molecule has 0 saturated heterocycles. The van der Waals surface area contributed by atoms with Gasteiger partial charge in [0.05, 0.1) is 0 Å². The van der Waals surface area contributed by atoms with Gasteiger partial charge < -0.3 is 14.3 Å². The van der Waals surface area contributed by atoms with E-state index in [2.05, 4.69) is 15.5 Å². The van der Waals surface area contributed by atoms with Gasteiger partial charge in [-0.25, -0.2) is 4.98 Å². The molecular formula is C15H15N3O3. The van der Waals surface area contributed by atoms with Crippen LogP contribution in [-0.4, -0.2) is 16.0 Å². The number of hydrogen-bond donors (Lipinski definition) is 1. The van der Waals surface area contributed by atoms with Crippen molar-refractivity contribution in [3.05, 3.63) is 42.0 Å². The number of benzene rings is 1. The van der Waals surface area contributed by atoms with Gasteiger partial charge >= 0.3 is 0 Å². The van der Waals surface area contributed by atoms with Crippen molar-refractivity contribution in [3.63, 3.8) is 0 Å². The first-order valence-electron chi connectivity index (χ1n) is 6.77. The average molecular weight is 285 g/mol. The Hall–Kier alpha value is -2.63. The second kappa shape index (κ2) is 5.40. The zero-order valence-corrected chi connectivity index (χ0v) is 11.8. The number of carbonyl (C=O) groups excluding carboxylic acids is 1. The summed E-state index contributed by atoms with van der Waals surface area (Å²) in [7, 11) is 0. The molecule has 2 heterocycles. The SMILES string of the molecule is CCC(C(=O)Nc1cc(C)on1)c1nc2ccccc2o1. The summed E-state index contributed by atoms with van der Waals surface area (Å²) >= 11 is 0. The van der Waals surface area contributed by atoms with E-state index in [0.29, 0.717) is 29.5 Å². The van der Waals surface area contributed by atoms with Crippen molar-refractivity contribution in [2.24, 2.45) is 0 Å². The maximum Gasteiger partial charge on any atom is 0.238 e. The Labute approximate surface area is 121 Å². The molecule has 3 rings (SSSR count). The number of rotatable bonds is 4. The van der Waals surface area contributed by atoms with E-state index in [4.69, 9.17) is 8.94 Å². The summed E-state index contributed by atoms with van der Waals surface area (Å²) in [6.45, 7) is 3.67. The molecule has 0 aliphatic rings. The van der Waals surface area contributed by atoms with E-state index in [-0.39, 0.29) is 5.91 Å². The molecule has 21 heavy (non-hydrogen) atoms. The molecule has 0 radical (unpaired) electrons. The van der Waals surface area contributed by atoms with Gasteiger partial charge in [-0.05, 0) is 25.5 Å². The van der Waals surface area contributed by atoms with Crippen molar-refractivity contribution in [2.75, 3.05) is 5.32 Å². The second-order valence-corrected chi connectivity index (χ2v) is 4.79. The monoisotopic (exact) mass is 285 g/mol. The van der Waals surface area contributed by atoms with Crippen molar-refractivity contribution in [1.82, 2.24) is 10.1 Å². The van der Waals surface area contributed by atoms with Crippen LogP contribution < -0.4 is 5.32 Å². The van der Waals surface area contributed by atoms with Gasteiger partial charge in [0, 0.05) is 6.07 Å². The minimum absolute atomic E-state index is 0.211. The first-order valence-corrected chi connectivity index (χ1v) is 6.77. The highest BCUT2D eigenvalue weighted by atomic mass is 16.5. The fraction of sp³-hybridized carbons (Fsp3) is 0.267. The summed E-state index contributed by atoms with van der Waals surface area (Å²) < 4.78 is 10.6. The van der Waals surface area contributed by atoms with Crippen LogP contribution in [0.2, 0.25) is 0 Å². The lowest BCUT2D eigenvalue weighted by molar-refractivity contribution is -0.118. The lowest BCUT2D eigenvalue weighted by Gasteiger charge is -2.09. The minimum atomic E-state index is -0.464. The normalized spacial score (nSPS) is 12.5. The Morgan fingerprint density at radius 3 is 2.86 bits per heavy atom. The number of aromatic nitrogens is 2. The quantitative estimate of drug-likeness (QED) is 0.795. The molecular weight excluding hydrogens is 270 g/mol. The Morgan fingerprint density at radius 2 is 2.19 bits per heavy atom. The van der Waals surface area contributed by atoms with E-state index < -0.39 is 5.92 Å². The van der Waals surface area contributed by atoms with Crippen molar-refractivity contribution in [3.8, 4) is 0 Å². The van der Waals surface area contributed by atoms with Gasteiger partial charge in [0.2, 0.25) is 11.8 Å².